The van der Waals surface area contributed by atoms with Gasteiger partial charge in [0.05, 0.1) is 37.9 Å². The van der Waals surface area contributed by atoms with Gasteiger partial charge in [0.1, 0.15) is 5.82 Å². The molecule has 6 heteroatoms. The Morgan fingerprint density at radius 2 is 2.00 bits per heavy atom. The highest BCUT2D eigenvalue weighted by atomic mass is 16.5. The molecule has 1 aromatic carbocycles. The van der Waals surface area contributed by atoms with Gasteiger partial charge in [-0.15, -0.1) is 0 Å². The Morgan fingerprint density at radius 1 is 1.17 bits per heavy atom. The molecule has 0 fully saturated rings. The van der Waals surface area contributed by atoms with Crippen molar-refractivity contribution < 1.29 is 14.6 Å². The minimum absolute atomic E-state index is 0.126. The number of aliphatic hydroxyl groups is 1. The summed E-state index contributed by atoms with van der Waals surface area (Å²) in [5.74, 6) is 2.59. The van der Waals surface area contributed by atoms with Crippen LogP contribution in [0.5, 0.6) is 11.5 Å². The first kappa shape index (κ1) is 18.0. The smallest absolute Gasteiger partial charge is 0.161 e. The fourth-order valence-corrected chi connectivity index (χ4v) is 2.07. The third kappa shape index (κ3) is 5.38. The third-order valence-corrected chi connectivity index (χ3v) is 3.20. The first-order valence-electron chi connectivity index (χ1n) is 8.16. The standard InChI is InChI=1S/C18H25N3O3/c1-4-23-17-7-14(5-6-16(17)24-12-13(2)3)8-20-18-10-19-9-15(11-22)21-18/h5-7,9-10,13,22H,4,8,11-12H2,1-3H3,(H,20,21). The van der Waals surface area contributed by atoms with Crippen LogP contribution in [-0.4, -0.2) is 28.3 Å². The number of hydrogen-bond acceptors (Lipinski definition) is 6. The first-order valence-corrected chi connectivity index (χ1v) is 8.16. The zero-order chi connectivity index (χ0) is 17.4. The molecule has 0 aliphatic heterocycles. The average molecular weight is 331 g/mol. The summed E-state index contributed by atoms with van der Waals surface area (Å²) in [5, 5.41) is 12.3. The highest BCUT2D eigenvalue weighted by Crippen LogP contribution is 2.29. The van der Waals surface area contributed by atoms with Gasteiger partial charge in [-0.2, -0.15) is 0 Å². The molecule has 0 saturated carbocycles. The second-order valence-electron chi connectivity index (χ2n) is 5.83. The number of benzene rings is 1. The monoisotopic (exact) mass is 331 g/mol. The van der Waals surface area contributed by atoms with Crippen molar-refractivity contribution in [3.8, 4) is 11.5 Å². The Hall–Kier alpha value is -2.34. The summed E-state index contributed by atoms with van der Waals surface area (Å²) >= 11 is 0. The van der Waals surface area contributed by atoms with Crippen LogP contribution in [0.4, 0.5) is 5.82 Å². The largest absolute Gasteiger partial charge is 0.490 e. The summed E-state index contributed by atoms with van der Waals surface area (Å²) in [7, 11) is 0. The average Bonchev–Trinajstić information content (AvgIpc) is 2.59. The van der Waals surface area contributed by atoms with Crippen molar-refractivity contribution in [3.05, 3.63) is 41.9 Å². The van der Waals surface area contributed by atoms with Crippen LogP contribution in [0.3, 0.4) is 0 Å². The van der Waals surface area contributed by atoms with Crippen molar-refractivity contribution in [2.24, 2.45) is 5.92 Å². The number of ether oxygens (including phenoxy) is 2. The van der Waals surface area contributed by atoms with Crippen LogP contribution in [-0.2, 0) is 13.2 Å². The molecular formula is C18H25N3O3. The van der Waals surface area contributed by atoms with E-state index in [1.165, 1.54) is 0 Å². The van der Waals surface area contributed by atoms with E-state index in [4.69, 9.17) is 14.6 Å². The summed E-state index contributed by atoms with van der Waals surface area (Å²) in [5.41, 5.74) is 1.58. The van der Waals surface area contributed by atoms with E-state index in [2.05, 4.69) is 29.1 Å². The van der Waals surface area contributed by atoms with Crippen LogP contribution in [0.25, 0.3) is 0 Å². The fourth-order valence-electron chi connectivity index (χ4n) is 2.07. The van der Waals surface area contributed by atoms with Gasteiger partial charge < -0.3 is 19.9 Å². The second-order valence-corrected chi connectivity index (χ2v) is 5.83. The molecule has 0 saturated heterocycles. The van der Waals surface area contributed by atoms with Crippen LogP contribution in [0.15, 0.2) is 30.6 Å². The predicted molar refractivity (Wildman–Crippen MR) is 93.2 cm³/mol. The lowest BCUT2D eigenvalue weighted by Crippen LogP contribution is -2.07. The lowest BCUT2D eigenvalue weighted by molar-refractivity contribution is 0.248. The number of aliphatic hydroxyl groups excluding tert-OH is 1. The molecule has 1 aromatic heterocycles. The van der Waals surface area contributed by atoms with Crippen LogP contribution >= 0.6 is 0 Å². The predicted octanol–water partition coefficient (Wildman–Crippen LogP) is 3.01. The van der Waals surface area contributed by atoms with Crippen molar-refractivity contribution >= 4 is 5.82 Å². The van der Waals surface area contributed by atoms with Gasteiger partial charge in [-0.1, -0.05) is 19.9 Å². The molecule has 0 amide bonds. The summed E-state index contributed by atoms with van der Waals surface area (Å²) < 4.78 is 11.5. The number of aromatic nitrogens is 2. The second kappa shape index (κ2) is 9.08. The van der Waals surface area contributed by atoms with Gasteiger partial charge in [0.2, 0.25) is 0 Å². The zero-order valence-corrected chi connectivity index (χ0v) is 14.5. The van der Waals surface area contributed by atoms with E-state index in [1.807, 2.05) is 25.1 Å². The van der Waals surface area contributed by atoms with Gasteiger partial charge in [0.25, 0.3) is 0 Å². The van der Waals surface area contributed by atoms with Crippen LogP contribution < -0.4 is 14.8 Å². The summed E-state index contributed by atoms with van der Waals surface area (Å²) in [6, 6.07) is 5.89. The van der Waals surface area contributed by atoms with E-state index >= 15 is 0 Å². The maximum Gasteiger partial charge on any atom is 0.161 e. The lowest BCUT2D eigenvalue weighted by Gasteiger charge is -2.15. The molecule has 0 atom stereocenters. The highest BCUT2D eigenvalue weighted by molar-refractivity contribution is 5.44. The number of rotatable bonds is 9. The minimum atomic E-state index is -0.126. The van der Waals surface area contributed by atoms with E-state index in [0.29, 0.717) is 37.2 Å². The Balaban J connectivity index is 2.05. The maximum atomic E-state index is 9.10. The number of nitrogens with one attached hydrogen (secondary N) is 1. The molecule has 0 spiro atoms. The highest BCUT2D eigenvalue weighted by Gasteiger charge is 2.08. The third-order valence-electron chi connectivity index (χ3n) is 3.20. The van der Waals surface area contributed by atoms with E-state index in [0.717, 1.165) is 17.1 Å². The molecule has 2 rings (SSSR count). The molecule has 0 radical (unpaired) electrons. The zero-order valence-electron chi connectivity index (χ0n) is 14.5. The van der Waals surface area contributed by atoms with Gasteiger partial charge in [-0.25, -0.2) is 4.98 Å². The van der Waals surface area contributed by atoms with Gasteiger partial charge in [-0.05, 0) is 30.5 Å². The Labute approximate surface area is 142 Å². The molecule has 130 valence electrons. The van der Waals surface area contributed by atoms with E-state index in [-0.39, 0.29) is 6.61 Å². The van der Waals surface area contributed by atoms with E-state index in [9.17, 15) is 0 Å². The Kier molecular flexibility index (Phi) is 6.81. The summed E-state index contributed by atoms with van der Waals surface area (Å²) in [6.45, 7) is 7.86. The molecular weight excluding hydrogens is 306 g/mol. The number of hydrogen-bond donors (Lipinski definition) is 2. The van der Waals surface area contributed by atoms with E-state index in [1.54, 1.807) is 12.4 Å². The van der Waals surface area contributed by atoms with Crippen LogP contribution in [0, 0.1) is 5.92 Å². The Bertz CT molecular complexity index is 647. The summed E-state index contributed by atoms with van der Waals surface area (Å²) in [6.07, 6.45) is 3.17. The normalized spacial score (nSPS) is 10.7. The first-order chi connectivity index (χ1) is 11.6. The van der Waals surface area contributed by atoms with Crippen molar-refractivity contribution in [1.29, 1.82) is 0 Å². The molecule has 0 bridgehead atoms. The van der Waals surface area contributed by atoms with Gasteiger partial charge in [0.15, 0.2) is 11.5 Å². The maximum absolute atomic E-state index is 9.10. The quantitative estimate of drug-likeness (QED) is 0.735. The summed E-state index contributed by atoms with van der Waals surface area (Å²) in [4.78, 5) is 8.29. The van der Waals surface area contributed by atoms with Crippen molar-refractivity contribution in [1.82, 2.24) is 9.97 Å². The Morgan fingerprint density at radius 3 is 2.71 bits per heavy atom. The molecule has 2 N–H and O–H groups in total. The van der Waals surface area contributed by atoms with Crippen molar-refractivity contribution in [2.75, 3.05) is 18.5 Å². The van der Waals surface area contributed by atoms with Crippen molar-refractivity contribution in [3.63, 3.8) is 0 Å². The molecule has 6 nitrogen and oxygen atoms in total. The molecule has 0 aliphatic rings. The number of nitrogens with zero attached hydrogens (tertiary/aromatic N) is 2. The number of anilines is 1. The molecule has 0 aliphatic carbocycles. The lowest BCUT2D eigenvalue weighted by atomic mass is 10.2. The topological polar surface area (TPSA) is 76.5 Å². The van der Waals surface area contributed by atoms with Crippen LogP contribution in [0.1, 0.15) is 32.0 Å². The SMILES string of the molecule is CCOc1cc(CNc2cncc(CO)n2)ccc1OCC(C)C. The van der Waals surface area contributed by atoms with Crippen LogP contribution in [0.2, 0.25) is 0 Å². The van der Waals surface area contributed by atoms with Gasteiger partial charge in [-0.3, -0.25) is 4.98 Å². The van der Waals surface area contributed by atoms with Gasteiger partial charge >= 0.3 is 0 Å². The fraction of sp³-hybridized carbons (Fsp3) is 0.444. The van der Waals surface area contributed by atoms with E-state index < -0.39 is 0 Å². The molecule has 2 aromatic rings. The molecule has 24 heavy (non-hydrogen) atoms. The molecule has 1 heterocycles. The van der Waals surface area contributed by atoms with Crippen molar-refractivity contribution in [2.45, 2.75) is 33.9 Å². The molecule has 0 unspecified atom stereocenters. The van der Waals surface area contributed by atoms with Gasteiger partial charge in [0, 0.05) is 6.54 Å². The minimum Gasteiger partial charge on any atom is -0.490 e.